The van der Waals surface area contributed by atoms with Gasteiger partial charge >= 0.3 is 5.97 Å². The van der Waals surface area contributed by atoms with Crippen molar-refractivity contribution < 1.29 is 14.3 Å². The highest BCUT2D eigenvalue weighted by Gasteiger charge is 2.07. The Morgan fingerprint density at radius 2 is 2.17 bits per heavy atom. The molecule has 0 aliphatic carbocycles. The number of rotatable bonds is 7. The number of hydrogen-bond acceptors (Lipinski definition) is 5. The Morgan fingerprint density at radius 3 is 2.78 bits per heavy atom. The molecule has 1 heterocycles. The molecule has 1 rings (SSSR count). The van der Waals surface area contributed by atoms with Gasteiger partial charge in [-0.3, -0.25) is 19.5 Å². The zero-order valence-corrected chi connectivity index (χ0v) is 10.8. The minimum atomic E-state index is -0.464. The summed E-state index contributed by atoms with van der Waals surface area (Å²) in [6.07, 6.45) is 1.60. The van der Waals surface area contributed by atoms with Crippen molar-refractivity contribution in [2.24, 2.45) is 0 Å². The van der Waals surface area contributed by atoms with Crippen LogP contribution < -0.4 is 0 Å². The molecule has 0 aromatic carbocycles. The Bertz CT molecular complexity index is 392. The lowest BCUT2D eigenvalue weighted by Gasteiger charge is -2.15. The van der Waals surface area contributed by atoms with Crippen molar-refractivity contribution in [1.29, 1.82) is 0 Å². The molecule has 0 saturated heterocycles. The van der Waals surface area contributed by atoms with Crippen LogP contribution in [0.3, 0.4) is 0 Å². The second-order valence-corrected chi connectivity index (χ2v) is 4.16. The number of hydrogen-bond donors (Lipinski definition) is 0. The van der Waals surface area contributed by atoms with Gasteiger partial charge in [0.25, 0.3) is 0 Å². The van der Waals surface area contributed by atoms with Gasteiger partial charge in [-0.15, -0.1) is 0 Å². The van der Waals surface area contributed by atoms with Crippen molar-refractivity contribution in [2.45, 2.75) is 19.9 Å². The maximum absolute atomic E-state index is 11.1. The fraction of sp³-hybridized carbons (Fsp3) is 0.462. The first kappa shape index (κ1) is 14.3. The maximum atomic E-state index is 11.1. The Kier molecular flexibility index (Phi) is 6.00. The molecule has 0 atom stereocenters. The third-order valence-electron chi connectivity index (χ3n) is 2.29. The maximum Gasteiger partial charge on any atom is 0.313 e. The third-order valence-corrected chi connectivity index (χ3v) is 2.29. The van der Waals surface area contributed by atoms with E-state index in [1.54, 1.807) is 6.20 Å². The van der Waals surface area contributed by atoms with E-state index in [0.717, 1.165) is 5.69 Å². The summed E-state index contributed by atoms with van der Waals surface area (Å²) >= 11 is 0. The van der Waals surface area contributed by atoms with Gasteiger partial charge in [0.2, 0.25) is 0 Å². The molecular weight excluding hydrogens is 232 g/mol. The van der Waals surface area contributed by atoms with E-state index >= 15 is 0 Å². The molecule has 0 spiro atoms. The predicted octanol–water partition coefficient (Wildman–Crippen LogP) is 1.04. The molecule has 1 aromatic rings. The first-order chi connectivity index (χ1) is 8.58. The van der Waals surface area contributed by atoms with Crippen LogP contribution in [0.1, 0.15) is 19.0 Å². The molecule has 0 fully saturated rings. The first-order valence-corrected chi connectivity index (χ1v) is 5.81. The molecule has 1 aromatic heterocycles. The smallest absolute Gasteiger partial charge is 0.313 e. The van der Waals surface area contributed by atoms with Gasteiger partial charge in [-0.2, -0.15) is 0 Å². The van der Waals surface area contributed by atoms with Gasteiger partial charge in [0.05, 0.1) is 5.69 Å². The average Bonchev–Trinajstić information content (AvgIpc) is 2.29. The number of Topliss-reactive ketones (excluding diaryl/α,β-unsaturated/α-hetero) is 1. The number of aromatic nitrogens is 1. The summed E-state index contributed by atoms with van der Waals surface area (Å²) in [7, 11) is 1.92. The van der Waals surface area contributed by atoms with E-state index in [2.05, 4.69) is 4.98 Å². The molecule has 0 amide bonds. The van der Waals surface area contributed by atoms with Gasteiger partial charge in [0.15, 0.2) is 0 Å². The molecule has 0 saturated carbocycles. The van der Waals surface area contributed by atoms with Crippen molar-refractivity contribution in [3.63, 3.8) is 0 Å². The minimum Gasteiger partial charge on any atom is -0.464 e. The zero-order chi connectivity index (χ0) is 13.4. The largest absolute Gasteiger partial charge is 0.464 e. The lowest BCUT2D eigenvalue weighted by atomic mass is 10.3. The molecule has 0 radical (unpaired) electrons. The van der Waals surface area contributed by atoms with Gasteiger partial charge in [-0.1, -0.05) is 6.07 Å². The zero-order valence-electron chi connectivity index (χ0n) is 10.8. The second kappa shape index (κ2) is 7.55. The van der Waals surface area contributed by atoms with E-state index in [1.807, 2.05) is 30.1 Å². The SMILES string of the molecule is CC(=O)CC(=O)OCCN(C)Cc1ccccn1. The summed E-state index contributed by atoms with van der Waals surface area (Å²) in [4.78, 5) is 28.0. The van der Waals surface area contributed by atoms with Crippen LogP contribution in [0.5, 0.6) is 0 Å². The summed E-state index contributed by atoms with van der Waals surface area (Å²) in [5.74, 6) is -0.643. The van der Waals surface area contributed by atoms with Gasteiger partial charge < -0.3 is 4.74 Å². The quantitative estimate of drug-likeness (QED) is 0.534. The summed E-state index contributed by atoms with van der Waals surface area (Å²) in [5.41, 5.74) is 0.968. The van der Waals surface area contributed by atoms with Crippen molar-refractivity contribution in [3.05, 3.63) is 30.1 Å². The Balaban J connectivity index is 2.19. The van der Waals surface area contributed by atoms with E-state index in [-0.39, 0.29) is 18.8 Å². The summed E-state index contributed by atoms with van der Waals surface area (Å²) in [6, 6.07) is 5.74. The fourth-order valence-corrected chi connectivity index (χ4v) is 1.42. The molecule has 5 nitrogen and oxygen atoms in total. The van der Waals surface area contributed by atoms with Crippen molar-refractivity contribution in [1.82, 2.24) is 9.88 Å². The Hall–Kier alpha value is -1.75. The first-order valence-electron chi connectivity index (χ1n) is 5.81. The second-order valence-electron chi connectivity index (χ2n) is 4.16. The summed E-state index contributed by atoms with van der Waals surface area (Å²) in [5, 5.41) is 0. The molecule has 0 aliphatic heterocycles. The van der Waals surface area contributed by atoms with Crippen molar-refractivity contribution >= 4 is 11.8 Å². The number of nitrogens with zero attached hydrogens (tertiary/aromatic N) is 2. The number of ether oxygens (including phenoxy) is 1. The van der Waals surface area contributed by atoms with Gasteiger partial charge in [-0.05, 0) is 26.1 Å². The van der Waals surface area contributed by atoms with E-state index in [4.69, 9.17) is 4.74 Å². The Labute approximate surface area is 107 Å². The number of pyridine rings is 1. The molecule has 5 heteroatoms. The lowest BCUT2D eigenvalue weighted by molar-refractivity contribution is -0.146. The monoisotopic (exact) mass is 250 g/mol. The van der Waals surface area contributed by atoms with E-state index < -0.39 is 5.97 Å². The van der Waals surface area contributed by atoms with E-state index in [0.29, 0.717) is 13.1 Å². The molecule has 0 aliphatic rings. The average molecular weight is 250 g/mol. The predicted molar refractivity (Wildman–Crippen MR) is 66.8 cm³/mol. The number of ketones is 1. The normalized spacial score (nSPS) is 10.4. The van der Waals surface area contributed by atoms with Crippen LogP contribution in [-0.4, -0.2) is 41.8 Å². The lowest BCUT2D eigenvalue weighted by Crippen LogP contribution is -2.24. The van der Waals surface area contributed by atoms with Crippen LogP contribution in [0.4, 0.5) is 0 Å². The highest BCUT2D eigenvalue weighted by atomic mass is 16.5. The van der Waals surface area contributed by atoms with Gasteiger partial charge in [-0.25, -0.2) is 0 Å². The standard InChI is InChI=1S/C13H18N2O3/c1-11(16)9-13(17)18-8-7-15(2)10-12-5-3-4-6-14-12/h3-6H,7-10H2,1-2H3. The van der Waals surface area contributed by atoms with Crippen molar-refractivity contribution in [3.8, 4) is 0 Å². The van der Waals surface area contributed by atoms with Crippen LogP contribution in [0.2, 0.25) is 0 Å². The highest BCUT2D eigenvalue weighted by molar-refractivity contribution is 5.94. The number of likely N-dealkylation sites (N-methyl/N-ethyl adjacent to an activating group) is 1. The highest BCUT2D eigenvalue weighted by Crippen LogP contribution is 1.98. The molecular formula is C13H18N2O3. The fourth-order valence-electron chi connectivity index (χ4n) is 1.42. The number of esters is 1. The number of carbonyl (C=O) groups excluding carboxylic acids is 2. The van der Waals surface area contributed by atoms with E-state index in [1.165, 1.54) is 6.92 Å². The Morgan fingerprint density at radius 1 is 1.39 bits per heavy atom. The van der Waals surface area contributed by atoms with Crippen LogP contribution in [0.25, 0.3) is 0 Å². The van der Waals surface area contributed by atoms with Gasteiger partial charge in [0, 0.05) is 19.3 Å². The summed E-state index contributed by atoms with van der Waals surface area (Å²) in [6.45, 7) is 2.97. The molecule has 0 N–H and O–H groups in total. The van der Waals surface area contributed by atoms with Crippen LogP contribution in [0.15, 0.2) is 24.4 Å². The topological polar surface area (TPSA) is 59.5 Å². The molecule has 0 unspecified atom stereocenters. The molecule has 98 valence electrons. The summed E-state index contributed by atoms with van der Waals surface area (Å²) < 4.78 is 4.94. The van der Waals surface area contributed by atoms with Gasteiger partial charge in [0.1, 0.15) is 18.8 Å². The molecule has 0 bridgehead atoms. The van der Waals surface area contributed by atoms with Crippen molar-refractivity contribution in [2.75, 3.05) is 20.2 Å². The minimum absolute atomic E-state index is 0.149. The number of carbonyl (C=O) groups is 2. The van der Waals surface area contributed by atoms with Crippen LogP contribution in [0, 0.1) is 0 Å². The molecule has 18 heavy (non-hydrogen) atoms. The third kappa shape index (κ3) is 6.10. The van der Waals surface area contributed by atoms with Crippen LogP contribution in [-0.2, 0) is 20.9 Å². The van der Waals surface area contributed by atoms with Crippen LogP contribution >= 0.6 is 0 Å². The van der Waals surface area contributed by atoms with E-state index in [9.17, 15) is 9.59 Å².